The van der Waals surface area contributed by atoms with Crippen LogP contribution in [0, 0.1) is 6.92 Å². The standard InChI is InChI=1S/C26H22ClNO3/c1-16-21-12-13-23-22(14-28(15-30-23)17(2)18-6-4-3-5-7-18)25(21)31-26(29)24(16)19-8-10-20(27)11-9-19/h3-13,17H,14-15H2,1-2H3. The first-order chi connectivity index (χ1) is 15.0. The number of hydrogen-bond acceptors (Lipinski definition) is 4. The number of halogens is 1. The maximum Gasteiger partial charge on any atom is 0.344 e. The Labute approximate surface area is 185 Å². The summed E-state index contributed by atoms with van der Waals surface area (Å²) in [5.41, 5.74) is 4.63. The van der Waals surface area contributed by atoms with Gasteiger partial charge in [-0.25, -0.2) is 4.79 Å². The largest absolute Gasteiger partial charge is 0.478 e. The molecule has 0 radical (unpaired) electrons. The van der Waals surface area contributed by atoms with Crippen molar-refractivity contribution in [2.75, 3.05) is 6.73 Å². The predicted octanol–water partition coefficient (Wildman–Crippen LogP) is 6.33. The second kappa shape index (κ2) is 7.88. The molecule has 1 unspecified atom stereocenters. The van der Waals surface area contributed by atoms with Gasteiger partial charge in [0.15, 0.2) is 0 Å². The van der Waals surface area contributed by atoms with Crippen molar-refractivity contribution in [1.29, 1.82) is 0 Å². The number of fused-ring (bicyclic) bond motifs is 3. The Morgan fingerprint density at radius 3 is 2.48 bits per heavy atom. The summed E-state index contributed by atoms with van der Waals surface area (Å²) in [7, 11) is 0. The summed E-state index contributed by atoms with van der Waals surface area (Å²) >= 11 is 6.02. The Bertz CT molecular complexity index is 1310. The Balaban J connectivity index is 1.59. The summed E-state index contributed by atoms with van der Waals surface area (Å²) in [5.74, 6) is 0.769. The molecule has 0 amide bonds. The van der Waals surface area contributed by atoms with E-state index >= 15 is 0 Å². The van der Waals surface area contributed by atoms with Crippen LogP contribution in [0.4, 0.5) is 0 Å². The van der Waals surface area contributed by atoms with Crippen LogP contribution in [0.1, 0.15) is 29.7 Å². The molecule has 4 aromatic rings. The highest BCUT2D eigenvalue weighted by atomic mass is 35.5. The molecule has 0 fully saturated rings. The third-order valence-corrected chi connectivity index (χ3v) is 6.36. The Morgan fingerprint density at radius 2 is 1.74 bits per heavy atom. The van der Waals surface area contributed by atoms with Gasteiger partial charge in [-0.3, -0.25) is 4.90 Å². The van der Waals surface area contributed by atoms with Gasteiger partial charge in [0.1, 0.15) is 18.1 Å². The van der Waals surface area contributed by atoms with E-state index in [9.17, 15) is 4.79 Å². The van der Waals surface area contributed by atoms with Crippen molar-refractivity contribution in [2.45, 2.75) is 26.4 Å². The first-order valence-corrected chi connectivity index (χ1v) is 10.7. The quantitative estimate of drug-likeness (QED) is 0.355. The molecule has 0 saturated carbocycles. The first-order valence-electron chi connectivity index (χ1n) is 10.3. The van der Waals surface area contributed by atoms with Crippen LogP contribution in [-0.4, -0.2) is 11.6 Å². The molecule has 5 rings (SSSR count). The molecular formula is C26H22ClNO3. The molecule has 31 heavy (non-hydrogen) atoms. The van der Waals surface area contributed by atoms with Gasteiger partial charge in [0.2, 0.25) is 0 Å². The zero-order chi connectivity index (χ0) is 21.5. The Kier molecular flexibility index (Phi) is 5.05. The molecule has 4 nitrogen and oxygen atoms in total. The summed E-state index contributed by atoms with van der Waals surface area (Å²) in [4.78, 5) is 15.2. The normalized spacial score (nSPS) is 14.8. The van der Waals surface area contributed by atoms with E-state index in [2.05, 4.69) is 24.0 Å². The number of benzene rings is 3. The van der Waals surface area contributed by atoms with Crippen LogP contribution in [0.25, 0.3) is 22.1 Å². The molecule has 0 aliphatic carbocycles. The highest BCUT2D eigenvalue weighted by Crippen LogP contribution is 2.37. The monoisotopic (exact) mass is 431 g/mol. The van der Waals surface area contributed by atoms with Crippen molar-refractivity contribution in [3.8, 4) is 16.9 Å². The SMILES string of the molecule is Cc1c(-c2ccc(Cl)cc2)c(=O)oc2c3c(ccc12)OCN(C(C)c1ccccc1)C3. The average molecular weight is 432 g/mol. The highest BCUT2D eigenvalue weighted by Gasteiger charge is 2.26. The third kappa shape index (κ3) is 3.52. The van der Waals surface area contributed by atoms with Crippen molar-refractivity contribution in [1.82, 2.24) is 4.90 Å². The van der Waals surface area contributed by atoms with Gasteiger partial charge in [-0.1, -0.05) is 54.1 Å². The molecule has 0 spiro atoms. The topological polar surface area (TPSA) is 42.7 Å². The van der Waals surface area contributed by atoms with E-state index in [-0.39, 0.29) is 11.7 Å². The van der Waals surface area contributed by atoms with Gasteiger partial charge in [0.05, 0.1) is 11.1 Å². The van der Waals surface area contributed by atoms with Crippen molar-refractivity contribution in [3.63, 3.8) is 0 Å². The van der Waals surface area contributed by atoms with Gasteiger partial charge in [-0.05, 0) is 54.8 Å². The second-order valence-electron chi connectivity index (χ2n) is 7.92. The van der Waals surface area contributed by atoms with E-state index < -0.39 is 0 Å². The number of aryl methyl sites for hydroxylation is 1. The van der Waals surface area contributed by atoms with Gasteiger partial charge in [0, 0.05) is 23.0 Å². The van der Waals surface area contributed by atoms with Crippen LogP contribution in [-0.2, 0) is 6.54 Å². The summed E-state index contributed by atoms with van der Waals surface area (Å²) < 4.78 is 11.9. The van der Waals surface area contributed by atoms with E-state index in [0.717, 1.165) is 27.8 Å². The first kappa shape index (κ1) is 19.9. The van der Waals surface area contributed by atoms with Crippen LogP contribution < -0.4 is 10.4 Å². The van der Waals surface area contributed by atoms with Crippen molar-refractivity contribution in [2.24, 2.45) is 0 Å². The number of nitrogens with zero attached hydrogens (tertiary/aromatic N) is 1. The molecule has 0 bridgehead atoms. The minimum Gasteiger partial charge on any atom is -0.478 e. The van der Waals surface area contributed by atoms with E-state index in [0.29, 0.717) is 29.4 Å². The van der Waals surface area contributed by atoms with E-state index in [4.69, 9.17) is 20.8 Å². The number of rotatable bonds is 3. The second-order valence-corrected chi connectivity index (χ2v) is 8.36. The Morgan fingerprint density at radius 1 is 1.00 bits per heavy atom. The summed E-state index contributed by atoms with van der Waals surface area (Å²) in [5, 5.41) is 1.55. The lowest BCUT2D eigenvalue weighted by Gasteiger charge is -2.34. The molecule has 1 aliphatic rings. The van der Waals surface area contributed by atoms with Crippen LogP contribution in [0.5, 0.6) is 5.75 Å². The summed E-state index contributed by atoms with van der Waals surface area (Å²) in [6.07, 6.45) is 0. The van der Waals surface area contributed by atoms with Crippen LogP contribution >= 0.6 is 11.6 Å². The maximum absolute atomic E-state index is 13.0. The smallest absolute Gasteiger partial charge is 0.344 e. The molecule has 1 atom stereocenters. The van der Waals surface area contributed by atoms with Crippen molar-refractivity contribution in [3.05, 3.63) is 98.9 Å². The highest BCUT2D eigenvalue weighted by molar-refractivity contribution is 6.30. The van der Waals surface area contributed by atoms with E-state index in [1.807, 2.05) is 49.4 Å². The zero-order valence-corrected chi connectivity index (χ0v) is 18.1. The fourth-order valence-electron chi connectivity index (χ4n) is 4.28. The Hall–Kier alpha value is -3.08. The van der Waals surface area contributed by atoms with Gasteiger partial charge < -0.3 is 9.15 Å². The molecule has 1 aliphatic heterocycles. The number of hydrogen-bond donors (Lipinski definition) is 0. The lowest BCUT2D eigenvalue weighted by atomic mass is 9.97. The van der Waals surface area contributed by atoms with E-state index in [1.54, 1.807) is 12.1 Å². The molecule has 0 saturated heterocycles. The third-order valence-electron chi connectivity index (χ3n) is 6.11. The number of ether oxygens (including phenoxy) is 1. The molecule has 0 N–H and O–H groups in total. The van der Waals surface area contributed by atoms with Crippen molar-refractivity contribution >= 4 is 22.6 Å². The maximum atomic E-state index is 13.0. The zero-order valence-electron chi connectivity index (χ0n) is 17.4. The van der Waals surface area contributed by atoms with Crippen LogP contribution in [0.15, 0.2) is 75.9 Å². The molecule has 156 valence electrons. The van der Waals surface area contributed by atoms with Gasteiger partial charge >= 0.3 is 5.63 Å². The lowest BCUT2D eigenvalue weighted by Crippen LogP contribution is -2.34. The van der Waals surface area contributed by atoms with E-state index in [1.165, 1.54) is 5.56 Å². The molecule has 1 aromatic heterocycles. The molecular weight excluding hydrogens is 410 g/mol. The molecule has 3 aromatic carbocycles. The van der Waals surface area contributed by atoms with Crippen molar-refractivity contribution < 1.29 is 9.15 Å². The van der Waals surface area contributed by atoms with Gasteiger partial charge in [-0.2, -0.15) is 0 Å². The summed E-state index contributed by atoms with van der Waals surface area (Å²) in [6, 6.07) is 21.7. The molecule has 5 heteroatoms. The fraction of sp³-hybridized carbons (Fsp3) is 0.192. The fourth-order valence-corrected chi connectivity index (χ4v) is 4.41. The van der Waals surface area contributed by atoms with Gasteiger partial charge in [-0.15, -0.1) is 0 Å². The molecule has 2 heterocycles. The van der Waals surface area contributed by atoms with Crippen LogP contribution in [0.3, 0.4) is 0 Å². The predicted molar refractivity (Wildman–Crippen MR) is 124 cm³/mol. The van der Waals surface area contributed by atoms with Gasteiger partial charge in [0.25, 0.3) is 0 Å². The average Bonchev–Trinajstić information content (AvgIpc) is 2.80. The minimum absolute atomic E-state index is 0.172. The minimum atomic E-state index is -0.353. The lowest BCUT2D eigenvalue weighted by molar-refractivity contribution is 0.0620. The summed E-state index contributed by atoms with van der Waals surface area (Å²) in [6.45, 7) is 5.25. The van der Waals surface area contributed by atoms with Crippen LogP contribution in [0.2, 0.25) is 5.02 Å².